The van der Waals surface area contributed by atoms with Crippen LogP contribution in [0.3, 0.4) is 0 Å². The third kappa shape index (κ3) is 2.91. The number of H-pyrrole nitrogens is 1. The van der Waals surface area contributed by atoms with Crippen LogP contribution in [0.15, 0.2) is 38.4 Å². The maximum Gasteiger partial charge on any atom is 0.417 e. The van der Waals surface area contributed by atoms with E-state index in [9.17, 15) is 13.2 Å². The van der Waals surface area contributed by atoms with Crippen LogP contribution < -0.4 is 10.5 Å². The largest absolute Gasteiger partial charge is 0.417 e. The van der Waals surface area contributed by atoms with Crippen molar-refractivity contribution in [3.05, 3.63) is 51.8 Å². The predicted octanol–water partition coefficient (Wildman–Crippen LogP) is 2.35. The molecule has 2 N–H and O–H groups in total. The molecule has 132 valence electrons. The van der Waals surface area contributed by atoms with Gasteiger partial charge in [0.1, 0.15) is 0 Å². The van der Waals surface area contributed by atoms with E-state index in [0.717, 1.165) is 17.0 Å². The molecule has 1 fully saturated rings. The molecular formula is C17H19N3O4S. The van der Waals surface area contributed by atoms with Crippen molar-refractivity contribution in [2.75, 3.05) is 0 Å². The Balaban J connectivity index is 1.58. The molecule has 0 saturated heterocycles. The first-order valence-electron chi connectivity index (χ1n) is 8.15. The van der Waals surface area contributed by atoms with E-state index in [1.807, 2.05) is 19.9 Å². The molecule has 0 unspecified atom stereocenters. The molecule has 0 radical (unpaired) electrons. The number of benzene rings is 1. The first-order chi connectivity index (χ1) is 11.8. The van der Waals surface area contributed by atoms with Gasteiger partial charge in [0.05, 0.1) is 10.4 Å². The molecule has 0 spiro atoms. The first kappa shape index (κ1) is 16.2. The van der Waals surface area contributed by atoms with Crippen LogP contribution in [0.1, 0.15) is 35.8 Å². The van der Waals surface area contributed by atoms with Crippen molar-refractivity contribution in [1.29, 1.82) is 0 Å². The minimum Gasteiger partial charge on any atom is -0.408 e. The zero-order valence-corrected chi connectivity index (χ0v) is 14.8. The van der Waals surface area contributed by atoms with E-state index >= 15 is 0 Å². The average Bonchev–Trinajstić information content (AvgIpc) is 3.24. The summed E-state index contributed by atoms with van der Waals surface area (Å²) in [5.41, 5.74) is 3.93. The number of hydrogen-bond donors (Lipinski definition) is 2. The molecule has 4 rings (SSSR count). The number of sulfonamides is 1. The Morgan fingerprint density at radius 2 is 2.04 bits per heavy atom. The van der Waals surface area contributed by atoms with Crippen molar-refractivity contribution >= 4 is 21.1 Å². The lowest BCUT2D eigenvalue weighted by Gasteiger charge is -2.09. The number of aromatic nitrogens is 2. The van der Waals surface area contributed by atoms with E-state index in [1.165, 1.54) is 31.0 Å². The second-order valence-electron chi connectivity index (χ2n) is 6.49. The molecule has 0 aliphatic heterocycles. The molecule has 7 nitrogen and oxygen atoms in total. The van der Waals surface area contributed by atoms with E-state index in [1.54, 1.807) is 0 Å². The fourth-order valence-electron chi connectivity index (χ4n) is 3.27. The molecule has 1 saturated carbocycles. The SMILES string of the molecule is Cc1cc(CNS(=O)(=O)c2ccc3[nH]c(=O)oc3c2)c(C)n1C1CC1. The number of hydrogen-bond acceptors (Lipinski definition) is 4. The lowest BCUT2D eigenvalue weighted by atomic mass is 10.2. The number of aryl methyl sites for hydroxylation is 1. The zero-order chi connectivity index (χ0) is 17.8. The minimum absolute atomic E-state index is 0.0683. The van der Waals surface area contributed by atoms with Crippen molar-refractivity contribution in [1.82, 2.24) is 14.3 Å². The Hall–Kier alpha value is -2.32. The highest BCUT2D eigenvalue weighted by atomic mass is 32.2. The van der Waals surface area contributed by atoms with Crippen LogP contribution in [0.25, 0.3) is 11.1 Å². The first-order valence-corrected chi connectivity index (χ1v) is 9.63. The molecule has 0 amide bonds. The van der Waals surface area contributed by atoms with E-state index in [2.05, 4.69) is 14.3 Å². The highest BCUT2D eigenvalue weighted by molar-refractivity contribution is 7.89. The van der Waals surface area contributed by atoms with E-state index in [-0.39, 0.29) is 17.0 Å². The van der Waals surface area contributed by atoms with Gasteiger partial charge in [-0.25, -0.2) is 17.9 Å². The van der Waals surface area contributed by atoms with Gasteiger partial charge in [-0.2, -0.15) is 0 Å². The normalized spacial score (nSPS) is 15.1. The second kappa shape index (κ2) is 5.60. The maximum atomic E-state index is 12.6. The highest BCUT2D eigenvalue weighted by Crippen LogP contribution is 2.38. The third-order valence-corrected chi connectivity index (χ3v) is 6.06. The van der Waals surface area contributed by atoms with Gasteiger partial charge in [-0.1, -0.05) is 0 Å². The quantitative estimate of drug-likeness (QED) is 0.729. The Morgan fingerprint density at radius 3 is 2.76 bits per heavy atom. The minimum atomic E-state index is -3.70. The summed E-state index contributed by atoms with van der Waals surface area (Å²) in [6.45, 7) is 4.30. The van der Waals surface area contributed by atoms with Crippen LogP contribution in [-0.2, 0) is 16.6 Å². The van der Waals surface area contributed by atoms with E-state index in [4.69, 9.17) is 4.42 Å². The third-order valence-electron chi connectivity index (χ3n) is 4.66. The number of rotatable bonds is 5. The molecule has 8 heteroatoms. The zero-order valence-electron chi connectivity index (χ0n) is 14.0. The van der Waals surface area contributed by atoms with E-state index < -0.39 is 15.8 Å². The van der Waals surface area contributed by atoms with Gasteiger partial charge in [-0.15, -0.1) is 0 Å². The van der Waals surface area contributed by atoms with Gasteiger partial charge in [0.15, 0.2) is 5.58 Å². The summed E-state index contributed by atoms with van der Waals surface area (Å²) in [7, 11) is -3.70. The average molecular weight is 361 g/mol. The molecular weight excluding hydrogens is 342 g/mol. The molecule has 2 heterocycles. The number of nitrogens with one attached hydrogen (secondary N) is 2. The summed E-state index contributed by atoms with van der Waals surface area (Å²) in [5.74, 6) is -0.606. The van der Waals surface area contributed by atoms with Gasteiger partial charge >= 0.3 is 5.76 Å². The van der Waals surface area contributed by atoms with Crippen molar-refractivity contribution < 1.29 is 12.8 Å². The molecule has 3 aromatic rings. The lowest BCUT2D eigenvalue weighted by Crippen LogP contribution is -2.23. The molecule has 0 bridgehead atoms. The molecule has 2 aromatic heterocycles. The summed E-state index contributed by atoms with van der Waals surface area (Å²) in [6, 6.07) is 6.91. The van der Waals surface area contributed by atoms with Crippen LogP contribution in [-0.4, -0.2) is 18.0 Å². The fourth-order valence-corrected chi connectivity index (χ4v) is 4.29. The van der Waals surface area contributed by atoms with Gasteiger partial charge in [-0.05, 0) is 50.5 Å². The topological polar surface area (TPSA) is 97.1 Å². The number of fused-ring (bicyclic) bond motifs is 1. The molecule has 1 aliphatic rings. The lowest BCUT2D eigenvalue weighted by molar-refractivity contribution is 0.553. The second-order valence-corrected chi connectivity index (χ2v) is 8.26. The van der Waals surface area contributed by atoms with Gasteiger partial charge in [0, 0.05) is 30.0 Å². The Morgan fingerprint density at radius 1 is 1.28 bits per heavy atom. The van der Waals surface area contributed by atoms with Crippen LogP contribution in [0.2, 0.25) is 0 Å². The Bertz CT molecular complexity index is 1120. The van der Waals surface area contributed by atoms with Crippen molar-refractivity contribution in [2.24, 2.45) is 0 Å². The number of oxazole rings is 1. The van der Waals surface area contributed by atoms with Crippen molar-refractivity contribution in [3.8, 4) is 0 Å². The maximum absolute atomic E-state index is 12.6. The molecule has 1 aromatic carbocycles. The summed E-state index contributed by atoms with van der Waals surface area (Å²) < 4.78 is 35.0. The van der Waals surface area contributed by atoms with Crippen molar-refractivity contribution in [3.63, 3.8) is 0 Å². The molecule has 1 aliphatic carbocycles. The Kier molecular flexibility index (Phi) is 3.62. The van der Waals surface area contributed by atoms with Crippen LogP contribution in [0.4, 0.5) is 0 Å². The molecule has 25 heavy (non-hydrogen) atoms. The van der Waals surface area contributed by atoms with Gasteiger partial charge in [-0.3, -0.25) is 4.98 Å². The Labute approximate surface area is 144 Å². The standard InChI is InChI=1S/C17H19N3O4S/c1-10-7-12(11(2)20(10)13-3-4-13)9-18-25(22,23)14-5-6-15-16(8-14)24-17(21)19-15/h5-8,13,18H,3-4,9H2,1-2H3,(H,19,21). The van der Waals surface area contributed by atoms with Crippen LogP contribution in [0, 0.1) is 13.8 Å². The number of aromatic amines is 1. The van der Waals surface area contributed by atoms with Gasteiger partial charge in [0.2, 0.25) is 10.0 Å². The predicted molar refractivity (Wildman–Crippen MR) is 93.0 cm³/mol. The van der Waals surface area contributed by atoms with E-state index in [0.29, 0.717) is 11.6 Å². The summed E-state index contributed by atoms with van der Waals surface area (Å²) in [4.78, 5) is 13.8. The molecule has 0 atom stereocenters. The van der Waals surface area contributed by atoms with Crippen molar-refractivity contribution in [2.45, 2.75) is 44.2 Å². The monoisotopic (exact) mass is 361 g/mol. The summed E-state index contributed by atoms with van der Waals surface area (Å²) in [6.07, 6.45) is 2.37. The van der Waals surface area contributed by atoms with Gasteiger partial charge < -0.3 is 8.98 Å². The van der Waals surface area contributed by atoms with Gasteiger partial charge in [0.25, 0.3) is 0 Å². The number of nitrogens with zero attached hydrogens (tertiary/aromatic N) is 1. The summed E-state index contributed by atoms with van der Waals surface area (Å²) in [5, 5.41) is 0. The highest BCUT2D eigenvalue weighted by Gasteiger charge is 2.27. The smallest absolute Gasteiger partial charge is 0.408 e. The summed E-state index contributed by atoms with van der Waals surface area (Å²) >= 11 is 0. The van der Waals surface area contributed by atoms with Crippen LogP contribution in [0.5, 0.6) is 0 Å². The van der Waals surface area contributed by atoms with Crippen LogP contribution >= 0.6 is 0 Å². The fraction of sp³-hybridized carbons (Fsp3) is 0.353.